The van der Waals surface area contributed by atoms with E-state index in [0.717, 1.165) is 37.9 Å². The fraction of sp³-hybridized carbons (Fsp3) is 0.490. The third-order valence-corrected chi connectivity index (χ3v) is 19.7. The second kappa shape index (κ2) is 19.4. The van der Waals surface area contributed by atoms with E-state index in [2.05, 4.69) is 112 Å². The molecule has 0 spiro atoms. The Morgan fingerprint density at radius 2 is 1.33 bits per heavy atom. The maximum absolute atomic E-state index is 14.0. The molecule has 0 amide bonds. The van der Waals surface area contributed by atoms with Crippen molar-refractivity contribution in [3.63, 3.8) is 0 Å². The van der Waals surface area contributed by atoms with Crippen molar-refractivity contribution in [2.45, 2.75) is 132 Å². The molecule has 4 aliphatic heterocycles. The molecule has 0 aliphatic carbocycles. The van der Waals surface area contributed by atoms with Gasteiger partial charge in [0.1, 0.15) is 6.10 Å². The first-order chi connectivity index (χ1) is 29.5. The summed E-state index contributed by atoms with van der Waals surface area (Å²) in [5.41, 5.74) is 1.06. The molecule has 324 valence electrons. The Hall–Kier alpha value is -3.63. The number of hydrogen-bond acceptors (Lipinski definition) is 8. The van der Waals surface area contributed by atoms with E-state index in [4.69, 9.17) is 28.1 Å². The Bertz CT molecular complexity index is 2130. The van der Waals surface area contributed by atoms with E-state index >= 15 is 0 Å². The van der Waals surface area contributed by atoms with Gasteiger partial charge in [0.2, 0.25) is 0 Å². The Morgan fingerprint density at radius 3 is 1.98 bits per heavy atom. The summed E-state index contributed by atoms with van der Waals surface area (Å²) in [5, 5.41) is 2.16. The van der Waals surface area contributed by atoms with Crippen molar-refractivity contribution in [2.24, 2.45) is 11.8 Å². The van der Waals surface area contributed by atoms with Crippen molar-refractivity contribution < 1.29 is 36.5 Å². The van der Waals surface area contributed by atoms with E-state index in [9.17, 15) is 8.42 Å². The SMILES string of the molecule is C[C@@H]1C[C@@H]2O[C@@H]3[C@@H](CS(=O)(=O)c4ccccc4)C#C[C@@H](C[C@@H](CO[Si](c4ccccc4)(c4ccccc4)C(C)(C)C)OCc4ccccc4)O[C@H]3C[C@H]2O[C@H]2CCCO[C@@H]2C1. The predicted octanol–water partition coefficient (Wildman–Crippen LogP) is 7.92. The van der Waals surface area contributed by atoms with Crippen molar-refractivity contribution >= 4 is 28.5 Å². The van der Waals surface area contributed by atoms with E-state index in [1.807, 2.05) is 24.3 Å². The summed E-state index contributed by atoms with van der Waals surface area (Å²) in [6, 6.07) is 40.1. The van der Waals surface area contributed by atoms with Crippen LogP contribution >= 0.6 is 0 Å². The second-order valence-corrected chi connectivity index (χ2v) is 24.8. The van der Waals surface area contributed by atoms with Crippen LogP contribution in [0.5, 0.6) is 0 Å². The molecule has 4 heterocycles. The Balaban J connectivity index is 1.11. The van der Waals surface area contributed by atoms with E-state index in [0.29, 0.717) is 32.0 Å². The molecule has 4 aromatic carbocycles. The van der Waals surface area contributed by atoms with Gasteiger partial charge in [-0.25, -0.2) is 8.42 Å². The van der Waals surface area contributed by atoms with E-state index in [1.54, 1.807) is 24.3 Å². The van der Waals surface area contributed by atoms with Crippen LogP contribution in [0.4, 0.5) is 0 Å². The molecule has 10 atom stereocenters. The Morgan fingerprint density at radius 1 is 0.721 bits per heavy atom. The molecule has 0 N–H and O–H groups in total. The first-order valence-corrected chi connectivity index (χ1v) is 25.8. The highest BCUT2D eigenvalue weighted by molar-refractivity contribution is 7.91. The third-order valence-electron chi connectivity index (χ3n) is 13.0. The van der Waals surface area contributed by atoms with Crippen molar-refractivity contribution in [1.29, 1.82) is 0 Å². The largest absolute Gasteiger partial charge is 0.405 e. The summed E-state index contributed by atoms with van der Waals surface area (Å²) in [4.78, 5) is 0.282. The average molecular weight is 863 g/mol. The van der Waals surface area contributed by atoms with Gasteiger partial charge >= 0.3 is 0 Å². The van der Waals surface area contributed by atoms with Crippen molar-refractivity contribution in [2.75, 3.05) is 19.0 Å². The number of hydrogen-bond donors (Lipinski definition) is 0. The molecule has 0 saturated carbocycles. The zero-order chi connectivity index (χ0) is 42.5. The number of rotatable bonds is 13. The van der Waals surface area contributed by atoms with E-state index in [1.165, 1.54) is 10.4 Å². The minimum Gasteiger partial charge on any atom is -0.405 e. The quantitative estimate of drug-likeness (QED) is 0.0991. The van der Waals surface area contributed by atoms with Gasteiger partial charge in [-0.3, -0.25) is 0 Å². The lowest BCUT2D eigenvalue weighted by Crippen LogP contribution is -2.67. The monoisotopic (exact) mass is 862 g/mol. The van der Waals surface area contributed by atoms with Crippen LogP contribution in [0.15, 0.2) is 126 Å². The van der Waals surface area contributed by atoms with Gasteiger partial charge in [0.25, 0.3) is 8.32 Å². The van der Waals surface area contributed by atoms with Gasteiger partial charge in [-0.1, -0.05) is 149 Å². The summed E-state index contributed by atoms with van der Waals surface area (Å²) in [6.07, 6.45) is 2.26. The first kappa shape index (κ1) is 44.0. The predicted molar refractivity (Wildman–Crippen MR) is 241 cm³/mol. The topological polar surface area (TPSA) is 89.5 Å². The second-order valence-electron chi connectivity index (χ2n) is 18.5. The highest BCUT2D eigenvalue weighted by Crippen LogP contribution is 2.41. The average Bonchev–Trinajstić information content (AvgIpc) is 3.41. The van der Waals surface area contributed by atoms with Gasteiger partial charge in [0.15, 0.2) is 9.84 Å². The van der Waals surface area contributed by atoms with Crippen LogP contribution < -0.4 is 10.4 Å². The van der Waals surface area contributed by atoms with Gasteiger partial charge in [0, 0.05) is 19.4 Å². The Labute approximate surface area is 364 Å². The van der Waals surface area contributed by atoms with E-state index < -0.39 is 48.5 Å². The summed E-state index contributed by atoms with van der Waals surface area (Å²) in [5.74, 6) is 6.46. The Kier molecular flexibility index (Phi) is 14.0. The number of ether oxygens (including phenoxy) is 5. The molecule has 61 heavy (non-hydrogen) atoms. The molecule has 8 nitrogen and oxygen atoms in total. The molecule has 0 bridgehead atoms. The number of sulfone groups is 1. The molecule has 3 saturated heterocycles. The smallest absolute Gasteiger partial charge is 0.261 e. The summed E-state index contributed by atoms with van der Waals surface area (Å²) in [6.45, 7) is 10.6. The van der Waals surface area contributed by atoms with Crippen LogP contribution in [0.1, 0.15) is 71.8 Å². The zero-order valence-corrected chi connectivity index (χ0v) is 37.9. The summed E-state index contributed by atoms with van der Waals surface area (Å²) >= 11 is 0. The molecule has 0 radical (unpaired) electrons. The van der Waals surface area contributed by atoms with Gasteiger partial charge < -0.3 is 28.1 Å². The number of fused-ring (bicyclic) bond motifs is 3. The molecule has 0 aromatic heterocycles. The molecular weight excluding hydrogens is 801 g/mol. The van der Waals surface area contributed by atoms with Crippen molar-refractivity contribution in [3.05, 3.63) is 127 Å². The molecule has 3 fully saturated rings. The fourth-order valence-electron chi connectivity index (χ4n) is 9.96. The van der Waals surface area contributed by atoms with Crippen LogP contribution in [-0.4, -0.2) is 84.5 Å². The standard InChI is InChI=1S/C51H62O8SSi/c1-37-30-46-45(26-17-29-54-46)58-48-33-49-50(59-47(48)31-37)39(36-60(52,53)42-20-11-6-12-21-42)27-28-40(57-49)32-41(55-34-38-18-9-5-10-19-38)35-56-61(51(2,3)4,43-22-13-7-14-23-43)44-24-15-8-16-25-44/h5-16,18-25,37,39-41,45-50H,17,26,29-36H2,1-4H3/t37-,39+,40-,41-,45-,46+,47-,48+,49-,50+/m0/s1. The van der Waals surface area contributed by atoms with Gasteiger partial charge in [-0.05, 0) is 64.7 Å². The minimum absolute atomic E-state index is 0.00868. The lowest BCUT2D eigenvalue weighted by atomic mass is 9.84. The van der Waals surface area contributed by atoms with Crippen LogP contribution in [-0.2, 0) is 44.6 Å². The molecule has 4 aliphatic rings. The van der Waals surface area contributed by atoms with Crippen LogP contribution in [0, 0.1) is 23.7 Å². The molecule has 8 rings (SSSR count). The van der Waals surface area contributed by atoms with E-state index in [-0.39, 0.29) is 40.1 Å². The highest BCUT2D eigenvalue weighted by atomic mass is 32.2. The maximum atomic E-state index is 14.0. The normalized spacial score (nSPS) is 28.6. The molecule has 0 unspecified atom stereocenters. The van der Waals surface area contributed by atoms with Crippen molar-refractivity contribution in [1.82, 2.24) is 0 Å². The third kappa shape index (κ3) is 10.3. The van der Waals surface area contributed by atoms with Crippen LogP contribution in [0.3, 0.4) is 0 Å². The maximum Gasteiger partial charge on any atom is 0.261 e. The molecule has 10 heteroatoms. The first-order valence-electron chi connectivity index (χ1n) is 22.3. The fourth-order valence-corrected chi connectivity index (χ4v) is 16.1. The van der Waals surface area contributed by atoms with Crippen molar-refractivity contribution in [3.8, 4) is 11.8 Å². The highest BCUT2D eigenvalue weighted by Gasteiger charge is 2.51. The minimum atomic E-state index is -3.69. The van der Waals surface area contributed by atoms with Crippen LogP contribution in [0.2, 0.25) is 5.04 Å². The van der Waals surface area contributed by atoms with Gasteiger partial charge in [0.05, 0.1) is 72.5 Å². The lowest BCUT2D eigenvalue weighted by Gasteiger charge is -2.47. The number of benzene rings is 4. The van der Waals surface area contributed by atoms with Gasteiger partial charge in [-0.15, -0.1) is 0 Å². The molecule has 4 aromatic rings. The zero-order valence-electron chi connectivity index (χ0n) is 36.1. The summed E-state index contributed by atoms with van der Waals surface area (Å²) in [7, 11) is -6.61. The van der Waals surface area contributed by atoms with Gasteiger partial charge in [-0.2, -0.15) is 0 Å². The lowest BCUT2D eigenvalue weighted by molar-refractivity contribution is -0.246. The molecular formula is C51H62O8SSi. The van der Waals surface area contributed by atoms with Crippen LogP contribution in [0.25, 0.3) is 0 Å². The summed E-state index contributed by atoms with van der Waals surface area (Å²) < 4.78 is 69.6.